The SMILES string of the molecule is CN(C)[C@]12C[C@H]1CN(Cc1ccccc1)[C@H]2CO[Si](C)(C)C(C)(C)C. The van der Waals surface area contributed by atoms with Gasteiger partial charge in [0.15, 0.2) is 8.32 Å². The molecule has 3 atom stereocenters. The lowest BCUT2D eigenvalue weighted by atomic mass is 10.1. The Hall–Kier alpha value is -0.683. The van der Waals surface area contributed by atoms with E-state index in [1.807, 2.05) is 0 Å². The van der Waals surface area contributed by atoms with Crippen molar-refractivity contribution in [3.63, 3.8) is 0 Å². The van der Waals surface area contributed by atoms with Crippen LogP contribution in [0.2, 0.25) is 18.1 Å². The molecule has 1 aliphatic carbocycles. The van der Waals surface area contributed by atoms with Crippen molar-refractivity contribution in [3.05, 3.63) is 35.9 Å². The number of benzene rings is 1. The van der Waals surface area contributed by atoms with Gasteiger partial charge >= 0.3 is 0 Å². The molecule has 2 aliphatic rings. The van der Waals surface area contributed by atoms with Gasteiger partial charge < -0.3 is 9.33 Å². The standard InChI is InChI=1S/C21H36N2OSi/c1-20(2,3)25(6,7)24-16-19-21(22(4)5)13-18(21)15-23(19)14-17-11-9-8-10-12-17/h8-12,18-19H,13-16H2,1-7H3/t18-,19-,21+/m0/s1. The van der Waals surface area contributed by atoms with Crippen LogP contribution in [0.5, 0.6) is 0 Å². The Balaban J connectivity index is 1.76. The summed E-state index contributed by atoms with van der Waals surface area (Å²) in [5, 5.41) is 0.268. The highest BCUT2D eigenvalue weighted by molar-refractivity contribution is 6.74. The largest absolute Gasteiger partial charge is 0.415 e. The predicted molar refractivity (Wildman–Crippen MR) is 108 cm³/mol. The van der Waals surface area contributed by atoms with Gasteiger partial charge in [0.25, 0.3) is 0 Å². The maximum atomic E-state index is 6.69. The summed E-state index contributed by atoms with van der Waals surface area (Å²) in [6.07, 6.45) is 1.33. The van der Waals surface area contributed by atoms with Crippen molar-refractivity contribution >= 4 is 8.32 Å². The van der Waals surface area contributed by atoms with Crippen molar-refractivity contribution in [1.29, 1.82) is 0 Å². The highest BCUT2D eigenvalue weighted by Gasteiger charge is 2.67. The quantitative estimate of drug-likeness (QED) is 0.707. The fourth-order valence-corrected chi connectivity index (χ4v) is 5.29. The van der Waals surface area contributed by atoms with Crippen molar-refractivity contribution in [2.75, 3.05) is 27.2 Å². The van der Waals surface area contributed by atoms with E-state index < -0.39 is 8.32 Å². The van der Waals surface area contributed by atoms with E-state index >= 15 is 0 Å². The summed E-state index contributed by atoms with van der Waals surface area (Å²) in [6, 6.07) is 11.4. The molecule has 0 spiro atoms. The third kappa shape index (κ3) is 3.46. The molecule has 1 saturated heterocycles. The summed E-state index contributed by atoms with van der Waals surface area (Å²) < 4.78 is 6.69. The van der Waals surface area contributed by atoms with Crippen LogP contribution < -0.4 is 0 Å². The Labute approximate surface area is 155 Å². The summed E-state index contributed by atoms with van der Waals surface area (Å²) in [4.78, 5) is 5.15. The van der Waals surface area contributed by atoms with Crippen LogP contribution in [-0.4, -0.2) is 56.9 Å². The second-order valence-electron chi connectivity index (χ2n) is 9.79. The van der Waals surface area contributed by atoms with E-state index in [-0.39, 0.29) is 5.04 Å². The first-order valence-electron chi connectivity index (χ1n) is 9.67. The molecule has 0 N–H and O–H groups in total. The van der Waals surface area contributed by atoms with E-state index in [0.717, 1.165) is 19.1 Å². The van der Waals surface area contributed by atoms with Crippen molar-refractivity contribution in [1.82, 2.24) is 9.80 Å². The van der Waals surface area contributed by atoms with E-state index in [2.05, 4.69) is 88.1 Å². The van der Waals surface area contributed by atoms with Gasteiger partial charge in [-0.2, -0.15) is 0 Å². The summed E-state index contributed by atoms with van der Waals surface area (Å²) in [5.41, 5.74) is 1.74. The van der Waals surface area contributed by atoms with E-state index in [0.29, 0.717) is 11.6 Å². The zero-order valence-corrected chi connectivity index (χ0v) is 18.2. The second kappa shape index (κ2) is 6.49. The third-order valence-corrected chi connectivity index (χ3v) is 11.6. The zero-order chi connectivity index (χ0) is 18.5. The van der Waals surface area contributed by atoms with Crippen LogP contribution in [0.1, 0.15) is 32.8 Å². The van der Waals surface area contributed by atoms with Crippen molar-refractivity contribution in [2.45, 2.75) is 63.4 Å². The Bertz CT molecular complexity index is 596. The summed E-state index contributed by atoms with van der Waals surface area (Å²) >= 11 is 0. The van der Waals surface area contributed by atoms with Crippen molar-refractivity contribution in [3.8, 4) is 0 Å². The number of hydrogen-bond donors (Lipinski definition) is 0. The Morgan fingerprint density at radius 2 is 1.84 bits per heavy atom. The Kier molecular flexibility index (Phi) is 4.95. The highest BCUT2D eigenvalue weighted by Crippen LogP contribution is 2.57. The molecule has 2 fully saturated rings. The molecule has 1 saturated carbocycles. The molecular formula is C21H36N2OSi. The average molecular weight is 361 g/mol. The Morgan fingerprint density at radius 3 is 2.40 bits per heavy atom. The summed E-state index contributed by atoms with van der Waals surface area (Å²) in [6.45, 7) is 14.9. The normalized spacial score (nSPS) is 29.9. The third-order valence-electron chi connectivity index (χ3n) is 7.06. The minimum absolute atomic E-state index is 0.268. The molecule has 0 amide bonds. The van der Waals surface area contributed by atoms with E-state index in [4.69, 9.17) is 4.43 Å². The molecule has 0 radical (unpaired) electrons. The maximum absolute atomic E-state index is 6.69. The number of rotatable bonds is 6. The van der Waals surface area contributed by atoms with Gasteiger partial charge in [0.2, 0.25) is 0 Å². The molecule has 0 aromatic heterocycles. The lowest BCUT2D eigenvalue weighted by molar-refractivity contribution is 0.0826. The van der Waals surface area contributed by atoms with Gasteiger partial charge in [-0.3, -0.25) is 4.90 Å². The minimum Gasteiger partial charge on any atom is -0.415 e. The van der Waals surface area contributed by atoms with Crippen molar-refractivity contribution in [2.24, 2.45) is 5.92 Å². The second-order valence-corrected chi connectivity index (χ2v) is 14.6. The first-order chi connectivity index (χ1) is 11.6. The molecule has 1 aliphatic heterocycles. The van der Waals surface area contributed by atoms with Crippen LogP contribution in [0.4, 0.5) is 0 Å². The van der Waals surface area contributed by atoms with Crippen LogP contribution in [0.25, 0.3) is 0 Å². The first kappa shape index (κ1) is 19.1. The summed E-state index contributed by atoms with van der Waals surface area (Å²) in [7, 11) is 2.79. The molecule has 4 heteroatoms. The summed E-state index contributed by atoms with van der Waals surface area (Å²) in [5.74, 6) is 0.805. The van der Waals surface area contributed by atoms with Gasteiger partial charge in [0.1, 0.15) is 0 Å². The number of likely N-dealkylation sites (N-methyl/N-ethyl adjacent to an activating group) is 1. The molecule has 0 unspecified atom stereocenters. The van der Waals surface area contributed by atoms with Crippen molar-refractivity contribution < 1.29 is 4.43 Å². The van der Waals surface area contributed by atoms with Gasteiger partial charge in [0.05, 0.1) is 12.6 Å². The topological polar surface area (TPSA) is 15.7 Å². The van der Waals surface area contributed by atoms with Crippen LogP contribution in [0, 0.1) is 5.92 Å². The molecule has 3 rings (SSSR count). The van der Waals surface area contributed by atoms with Crippen LogP contribution in [-0.2, 0) is 11.0 Å². The lowest BCUT2D eigenvalue weighted by Crippen LogP contribution is -2.52. The van der Waals surface area contributed by atoms with Crippen LogP contribution in [0.3, 0.4) is 0 Å². The molecule has 1 aromatic rings. The monoisotopic (exact) mass is 360 g/mol. The molecule has 3 nitrogen and oxygen atoms in total. The number of hydrogen-bond acceptors (Lipinski definition) is 3. The minimum atomic E-state index is -1.72. The van der Waals surface area contributed by atoms with Gasteiger partial charge in [-0.1, -0.05) is 51.1 Å². The molecular weight excluding hydrogens is 324 g/mol. The average Bonchev–Trinajstić information content (AvgIpc) is 3.15. The van der Waals surface area contributed by atoms with Gasteiger partial charge in [-0.15, -0.1) is 0 Å². The van der Waals surface area contributed by atoms with Gasteiger partial charge in [-0.25, -0.2) is 0 Å². The number of nitrogens with zero attached hydrogens (tertiary/aromatic N) is 2. The van der Waals surface area contributed by atoms with Gasteiger partial charge in [0, 0.05) is 18.6 Å². The molecule has 1 aromatic carbocycles. The fraction of sp³-hybridized carbons (Fsp3) is 0.714. The van der Waals surface area contributed by atoms with Crippen LogP contribution >= 0.6 is 0 Å². The predicted octanol–water partition coefficient (Wildman–Crippen LogP) is 4.21. The lowest BCUT2D eigenvalue weighted by Gasteiger charge is -2.41. The number of piperidine rings is 1. The molecule has 25 heavy (non-hydrogen) atoms. The zero-order valence-electron chi connectivity index (χ0n) is 17.2. The maximum Gasteiger partial charge on any atom is 0.192 e. The Morgan fingerprint density at radius 1 is 1.20 bits per heavy atom. The van der Waals surface area contributed by atoms with E-state index in [1.54, 1.807) is 0 Å². The smallest absolute Gasteiger partial charge is 0.192 e. The van der Waals surface area contributed by atoms with E-state index in [1.165, 1.54) is 18.5 Å². The fourth-order valence-electron chi connectivity index (χ4n) is 4.28. The molecule has 0 bridgehead atoms. The molecule has 1 heterocycles. The number of fused-ring (bicyclic) bond motifs is 1. The number of likely N-dealkylation sites (tertiary alicyclic amines) is 1. The highest BCUT2D eigenvalue weighted by atomic mass is 28.4. The first-order valence-corrected chi connectivity index (χ1v) is 12.6. The van der Waals surface area contributed by atoms with Crippen LogP contribution in [0.15, 0.2) is 30.3 Å². The molecule has 140 valence electrons. The van der Waals surface area contributed by atoms with Gasteiger partial charge in [-0.05, 0) is 50.1 Å². The van der Waals surface area contributed by atoms with E-state index in [9.17, 15) is 0 Å².